The van der Waals surface area contributed by atoms with E-state index in [1.165, 1.54) is 32.1 Å². The van der Waals surface area contributed by atoms with E-state index < -0.39 is 0 Å². The highest BCUT2D eigenvalue weighted by molar-refractivity contribution is 9.10. The van der Waals surface area contributed by atoms with Gasteiger partial charge in [-0.2, -0.15) is 0 Å². The van der Waals surface area contributed by atoms with Crippen LogP contribution in [-0.4, -0.2) is 6.04 Å². The van der Waals surface area contributed by atoms with Crippen LogP contribution in [0, 0.1) is 0 Å². The summed E-state index contributed by atoms with van der Waals surface area (Å²) in [7, 11) is 0. The van der Waals surface area contributed by atoms with Crippen molar-refractivity contribution in [2.24, 2.45) is 0 Å². The lowest BCUT2D eigenvalue weighted by atomic mass is 9.95. The molecule has 0 radical (unpaired) electrons. The molecule has 15 heavy (non-hydrogen) atoms. The molecule has 1 fully saturated rings. The monoisotopic (exact) mass is 268 g/mol. The summed E-state index contributed by atoms with van der Waals surface area (Å²) in [5.41, 5.74) is 7.85. The maximum absolute atomic E-state index is 5.95. The lowest BCUT2D eigenvalue weighted by Gasteiger charge is -2.24. The molecule has 1 aromatic carbocycles. The Hall–Kier alpha value is -0.700. The van der Waals surface area contributed by atoms with Gasteiger partial charge in [-0.15, -0.1) is 0 Å². The van der Waals surface area contributed by atoms with Gasteiger partial charge in [-0.1, -0.05) is 35.2 Å². The van der Waals surface area contributed by atoms with Gasteiger partial charge in [-0.25, -0.2) is 0 Å². The van der Waals surface area contributed by atoms with Crippen LogP contribution >= 0.6 is 15.9 Å². The Morgan fingerprint density at radius 1 is 1.20 bits per heavy atom. The fraction of sp³-hybridized carbons (Fsp3) is 0.500. The highest BCUT2D eigenvalue weighted by Crippen LogP contribution is 2.27. The molecule has 3 heteroatoms. The largest absolute Gasteiger partial charge is 0.397 e. The van der Waals surface area contributed by atoms with E-state index >= 15 is 0 Å². The molecule has 2 rings (SSSR count). The summed E-state index contributed by atoms with van der Waals surface area (Å²) in [4.78, 5) is 0. The first kappa shape index (κ1) is 10.8. The molecule has 0 heterocycles. The standard InChI is InChI=1S/C12H17BrN2/c13-9-6-7-12(11(14)8-9)15-10-4-2-1-3-5-10/h6-8,10,15H,1-5,14H2. The summed E-state index contributed by atoms with van der Waals surface area (Å²) in [5.74, 6) is 0. The van der Waals surface area contributed by atoms with Crippen molar-refractivity contribution in [2.75, 3.05) is 11.1 Å². The van der Waals surface area contributed by atoms with Crippen LogP contribution in [0.5, 0.6) is 0 Å². The van der Waals surface area contributed by atoms with Gasteiger partial charge in [0.05, 0.1) is 11.4 Å². The predicted octanol–water partition coefficient (Wildman–Crippen LogP) is 3.78. The molecule has 3 N–H and O–H groups in total. The normalized spacial score (nSPS) is 17.7. The Bertz CT molecular complexity index is 332. The van der Waals surface area contributed by atoms with Crippen molar-refractivity contribution in [2.45, 2.75) is 38.1 Å². The van der Waals surface area contributed by atoms with Crippen molar-refractivity contribution in [1.82, 2.24) is 0 Å². The fourth-order valence-electron chi connectivity index (χ4n) is 2.13. The van der Waals surface area contributed by atoms with Crippen molar-refractivity contribution in [3.8, 4) is 0 Å². The van der Waals surface area contributed by atoms with Crippen LogP contribution in [0.4, 0.5) is 11.4 Å². The number of nitrogen functional groups attached to an aromatic ring is 1. The molecular weight excluding hydrogens is 252 g/mol. The quantitative estimate of drug-likeness (QED) is 0.802. The summed E-state index contributed by atoms with van der Waals surface area (Å²) in [6, 6.07) is 6.64. The molecule has 1 saturated carbocycles. The Morgan fingerprint density at radius 3 is 2.60 bits per heavy atom. The van der Waals surface area contributed by atoms with Gasteiger partial charge in [0.2, 0.25) is 0 Å². The molecule has 0 aliphatic heterocycles. The molecule has 0 atom stereocenters. The summed E-state index contributed by atoms with van der Waals surface area (Å²) in [5, 5.41) is 3.53. The Balaban J connectivity index is 2.03. The number of nitrogens with one attached hydrogen (secondary N) is 1. The van der Waals surface area contributed by atoms with E-state index in [4.69, 9.17) is 5.73 Å². The number of hydrogen-bond donors (Lipinski definition) is 2. The SMILES string of the molecule is Nc1cc(Br)ccc1NC1CCCCC1. The van der Waals surface area contributed by atoms with Gasteiger partial charge < -0.3 is 11.1 Å². The molecule has 1 aliphatic rings. The number of benzene rings is 1. The van der Waals surface area contributed by atoms with Gasteiger partial charge in [-0.3, -0.25) is 0 Å². The van der Waals surface area contributed by atoms with Gasteiger partial charge in [0, 0.05) is 10.5 Å². The smallest absolute Gasteiger partial charge is 0.0576 e. The van der Waals surface area contributed by atoms with Crippen LogP contribution in [-0.2, 0) is 0 Å². The molecule has 0 amide bonds. The number of halogens is 1. The van der Waals surface area contributed by atoms with Crippen LogP contribution < -0.4 is 11.1 Å². The van der Waals surface area contributed by atoms with E-state index in [1.54, 1.807) is 0 Å². The second-order valence-corrected chi connectivity index (χ2v) is 5.13. The maximum Gasteiger partial charge on any atom is 0.0576 e. The first-order valence-corrected chi connectivity index (χ1v) is 6.36. The fourth-order valence-corrected chi connectivity index (χ4v) is 2.51. The van der Waals surface area contributed by atoms with Crippen molar-refractivity contribution in [3.05, 3.63) is 22.7 Å². The minimum absolute atomic E-state index is 0.613. The number of rotatable bonds is 2. The zero-order valence-corrected chi connectivity index (χ0v) is 10.4. The molecule has 82 valence electrons. The van der Waals surface area contributed by atoms with E-state index in [0.29, 0.717) is 6.04 Å². The Morgan fingerprint density at radius 2 is 1.93 bits per heavy atom. The molecule has 0 aromatic heterocycles. The topological polar surface area (TPSA) is 38.0 Å². The van der Waals surface area contributed by atoms with Crippen molar-refractivity contribution >= 4 is 27.3 Å². The van der Waals surface area contributed by atoms with Gasteiger partial charge >= 0.3 is 0 Å². The molecule has 0 unspecified atom stereocenters. The van der Waals surface area contributed by atoms with Crippen LogP contribution in [0.3, 0.4) is 0 Å². The van der Waals surface area contributed by atoms with Crippen molar-refractivity contribution < 1.29 is 0 Å². The average Bonchev–Trinajstić information content (AvgIpc) is 2.24. The number of nitrogens with two attached hydrogens (primary N) is 1. The van der Waals surface area contributed by atoms with E-state index in [1.807, 2.05) is 18.2 Å². The van der Waals surface area contributed by atoms with Crippen LogP contribution in [0.25, 0.3) is 0 Å². The minimum atomic E-state index is 0.613. The van der Waals surface area contributed by atoms with Gasteiger partial charge in [-0.05, 0) is 31.0 Å². The van der Waals surface area contributed by atoms with Crippen molar-refractivity contribution in [3.63, 3.8) is 0 Å². The summed E-state index contributed by atoms with van der Waals surface area (Å²) in [6.07, 6.45) is 6.61. The summed E-state index contributed by atoms with van der Waals surface area (Å²) < 4.78 is 1.04. The van der Waals surface area contributed by atoms with Crippen molar-refractivity contribution in [1.29, 1.82) is 0 Å². The first-order chi connectivity index (χ1) is 7.25. The maximum atomic E-state index is 5.95. The second kappa shape index (κ2) is 4.88. The van der Waals surface area contributed by atoms with Gasteiger partial charge in [0.1, 0.15) is 0 Å². The third-order valence-electron chi connectivity index (χ3n) is 2.98. The second-order valence-electron chi connectivity index (χ2n) is 4.21. The van der Waals surface area contributed by atoms with E-state index in [0.717, 1.165) is 15.8 Å². The third kappa shape index (κ3) is 2.88. The average molecular weight is 269 g/mol. The zero-order chi connectivity index (χ0) is 10.7. The zero-order valence-electron chi connectivity index (χ0n) is 8.80. The molecule has 0 bridgehead atoms. The number of hydrogen-bond acceptors (Lipinski definition) is 2. The molecule has 2 nitrogen and oxygen atoms in total. The van der Waals surface area contributed by atoms with Crippen LogP contribution in [0.1, 0.15) is 32.1 Å². The first-order valence-electron chi connectivity index (χ1n) is 5.57. The Labute approximate surface area is 99.4 Å². The van der Waals surface area contributed by atoms with Crippen LogP contribution in [0.2, 0.25) is 0 Å². The third-order valence-corrected chi connectivity index (χ3v) is 3.47. The lowest BCUT2D eigenvalue weighted by Crippen LogP contribution is -2.22. The highest BCUT2D eigenvalue weighted by Gasteiger charge is 2.13. The van der Waals surface area contributed by atoms with Gasteiger partial charge in [0.25, 0.3) is 0 Å². The molecule has 1 aromatic rings. The lowest BCUT2D eigenvalue weighted by molar-refractivity contribution is 0.463. The molecule has 1 aliphatic carbocycles. The van der Waals surface area contributed by atoms with Gasteiger partial charge in [0.15, 0.2) is 0 Å². The van der Waals surface area contributed by atoms with Crippen LogP contribution in [0.15, 0.2) is 22.7 Å². The minimum Gasteiger partial charge on any atom is -0.397 e. The highest BCUT2D eigenvalue weighted by atomic mass is 79.9. The van der Waals surface area contributed by atoms with E-state index in [9.17, 15) is 0 Å². The molecule has 0 spiro atoms. The van der Waals surface area contributed by atoms with E-state index in [2.05, 4.69) is 21.2 Å². The molecular formula is C12H17BrN2. The summed E-state index contributed by atoms with van der Waals surface area (Å²) in [6.45, 7) is 0. The summed E-state index contributed by atoms with van der Waals surface area (Å²) >= 11 is 3.41. The predicted molar refractivity (Wildman–Crippen MR) is 69.1 cm³/mol. The number of anilines is 2. The Kier molecular flexibility index (Phi) is 3.52. The van der Waals surface area contributed by atoms with E-state index in [-0.39, 0.29) is 0 Å². The molecule has 0 saturated heterocycles.